The maximum Gasteiger partial charge on any atom is 0.251 e. The maximum atomic E-state index is 13.5. The monoisotopic (exact) mass is 485 g/mol. The summed E-state index contributed by atoms with van der Waals surface area (Å²) in [6.07, 6.45) is 1.54. The molecule has 0 saturated carbocycles. The molecular weight excluding hydrogens is 456 g/mol. The van der Waals surface area contributed by atoms with Gasteiger partial charge in [-0.2, -0.15) is 0 Å². The first-order chi connectivity index (χ1) is 16.8. The van der Waals surface area contributed by atoms with Crippen molar-refractivity contribution in [1.82, 2.24) is 15.4 Å². The standard InChI is InChI=1S/C26H29F2N3O4/c1-16-21(17(2)35-30-16)15-34-24-7-5-19(13-25(24)33-3)26(32)29-20-8-10-31(11-9-20)14-18-4-6-22(27)23(28)12-18/h4-7,12-13,20H,8-11,14-15H2,1-3H3,(H,29,32). The van der Waals surface area contributed by atoms with E-state index in [0.29, 0.717) is 29.4 Å². The van der Waals surface area contributed by atoms with E-state index in [4.69, 9.17) is 14.0 Å². The van der Waals surface area contributed by atoms with E-state index < -0.39 is 11.6 Å². The Hall–Kier alpha value is -3.46. The molecule has 1 aliphatic heterocycles. The summed E-state index contributed by atoms with van der Waals surface area (Å²) in [5, 5.41) is 7.01. The number of carbonyl (C=O) groups is 1. The van der Waals surface area contributed by atoms with Gasteiger partial charge >= 0.3 is 0 Å². The number of methoxy groups -OCH3 is 1. The zero-order valence-electron chi connectivity index (χ0n) is 20.1. The summed E-state index contributed by atoms with van der Waals surface area (Å²) in [4.78, 5) is 15.0. The van der Waals surface area contributed by atoms with Gasteiger partial charge in [-0.05, 0) is 62.6 Å². The smallest absolute Gasteiger partial charge is 0.251 e. The predicted octanol–water partition coefficient (Wildman–Crippen LogP) is 4.55. The van der Waals surface area contributed by atoms with Crippen LogP contribution in [0.4, 0.5) is 8.78 Å². The fourth-order valence-corrected chi connectivity index (χ4v) is 4.19. The summed E-state index contributed by atoms with van der Waals surface area (Å²) in [7, 11) is 1.53. The largest absolute Gasteiger partial charge is 0.493 e. The van der Waals surface area contributed by atoms with Gasteiger partial charge in [0, 0.05) is 31.2 Å². The number of likely N-dealkylation sites (tertiary alicyclic amines) is 1. The van der Waals surface area contributed by atoms with Crippen LogP contribution in [0.2, 0.25) is 0 Å². The quantitative estimate of drug-likeness (QED) is 0.505. The van der Waals surface area contributed by atoms with Crippen molar-refractivity contribution >= 4 is 5.91 Å². The normalized spacial score (nSPS) is 14.7. The Morgan fingerprint density at radius 1 is 1.11 bits per heavy atom. The fraction of sp³-hybridized carbons (Fsp3) is 0.385. The highest BCUT2D eigenvalue weighted by atomic mass is 19.2. The van der Waals surface area contributed by atoms with Gasteiger partial charge in [0.2, 0.25) is 0 Å². The fourth-order valence-electron chi connectivity index (χ4n) is 4.19. The molecule has 0 radical (unpaired) electrons. The number of carbonyl (C=O) groups excluding carboxylic acids is 1. The van der Waals surface area contributed by atoms with Crippen molar-refractivity contribution in [1.29, 1.82) is 0 Å². The number of aryl methyl sites for hydroxylation is 2. The summed E-state index contributed by atoms with van der Waals surface area (Å²) >= 11 is 0. The molecule has 1 saturated heterocycles. The Bertz CT molecular complexity index is 1170. The number of hydrogen-bond acceptors (Lipinski definition) is 6. The van der Waals surface area contributed by atoms with E-state index >= 15 is 0 Å². The van der Waals surface area contributed by atoms with Crippen LogP contribution in [0, 0.1) is 25.5 Å². The molecule has 0 spiro atoms. The zero-order valence-corrected chi connectivity index (χ0v) is 20.1. The number of hydrogen-bond donors (Lipinski definition) is 1. The highest BCUT2D eigenvalue weighted by Gasteiger charge is 2.22. The number of halogens is 2. The highest BCUT2D eigenvalue weighted by molar-refractivity contribution is 5.95. The number of nitrogens with one attached hydrogen (secondary N) is 1. The third-order valence-corrected chi connectivity index (χ3v) is 6.29. The van der Waals surface area contributed by atoms with Crippen molar-refractivity contribution in [2.45, 2.75) is 45.9 Å². The molecule has 3 aromatic rings. The van der Waals surface area contributed by atoms with Crippen molar-refractivity contribution in [2.24, 2.45) is 0 Å². The number of rotatable bonds is 8. The Balaban J connectivity index is 1.30. The molecule has 0 bridgehead atoms. The number of ether oxygens (including phenoxy) is 2. The molecule has 7 nitrogen and oxygen atoms in total. The SMILES string of the molecule is COc1cc(C(=O)NC2CCN(Cc3ccc(F)c(F)c3)CC2)ccc1OCc1c(C)noc1C. The molecule has 0 unspecified atom stereocenters. The van der Waals surface area contributed by atoms with Crippen LogP contribution in [0.25, 0.3) is 0 Å². The summed E-state index contributed by atoms with van der Waals surface area (Å²) < 4.78 is 43.1. The van der Waals surface area contributed by atoms with E-state index in [-0.39, 0.29) is 18.6 Å². The average molecular weight is 486 g/mol. The molecule has 2 aromatic carbocycles. The Labute approximate surface area is 203 Å². The molecule has 1 aliphatic rings. The van der Waals surface area contributed by atoms with Crippen molar-refractivity contribution in [3.63, 3.8) is 0 Å². The van der Waals surface area contributed by atoms with Crippen molar-refractivity contribution < 1.29 is 27.6 Å². The number of amides is 1. The van der Waals surface area contributed by atoms with Gasteiger partial charge < -0.3 is 19.3 Å². The molecule has 9 heteroatoms. The first-order valence-electron chi connectivity index (χ1n) is 11.5. The second kappa shape index (κ2) is 10.9. The molecule has 35 heavy (non-hydrogen) atoms. The lowest BCUT2D eigenvalue weighted by Gasteiger charge is -2.32. The lowest BCUT2D eigenvalue weighted by molar-refractivity contribution is 0.0908. The van der Waals surface area contributed by atoms with Crippen LogP contribution in [-0.2, 0) is 13.2 Å². The molecule has 4 rings (SSSR count). The summed E-state index contributed by atoms with van der Waals surface area (Å²) in [5.74, 6) is -0.166. The molecule has 2 heterocycles. The van der Waals surface area contributed by atoms with Crippen LogP contribution >= 0.6 is 0 Å². The van der Waals surface area contributed by atoms with Gasteiger partial charge in [-0.25, -0.2) is 8.78 Å². The van der Waals surface area contributed by atoms with Gasteiger partial charge in [0.1, 0.15) is 12.4 Å². The second-order valence-corrected chi connectivity index (χ2v) is 8.73. The second-order valence-electron chi connectivity index (χ2n) is 8.73. The molecule has 186 valence electrons. The Kier molecular flexibility index (Phi) is 7.65. The molecule has 0 aliphatic carbocycles. The average Bonchev–Trinajstić information content (AvgIpc) is 3.18. The van der Waals surface area contributed by atoms with E-state index in [0.717, 1.165) is 48.8 Å². The maximum absolute atomic E-state index is 13.5. The van der Waals surface area contributed by atoms with Gasteiger partial charge in [0.25, 0.3) is 5.91 Å². The Morgan fingerprint density at radius 3 is 2.54 bits per heavy atom. The minimum absolute atomic E-state index is 0.0326. The molecule has 0 atom stereocenters. The highest BCUT2D eigenvalue weighted by Crippen LogP contribution is 2.30. The van der Waals surface area contributed by atoms with Crippen molar-refractivity contribution in [2.75, 3.05) is 20.2 Å². The van der Waals surface area contributed by atoms with E-state index in [1.807, 2.05) is 13.8 Å². The van der Waals surface area contributed by atoms with E-state index in [2.05, 4.69) is 15.4 Å². The van der Waals surface area contributed by atoms with E-state index in [1.54, 1.807) is 24.3 Å². The van der Waals surface area contributed by atoms with Crippen molar-refractivity contribution in [3.8, 4) is 11.5 Å². The number of nitrogens with zero attached hydrogens (tertiary/aromatic N) is 2. The van der Waals surface area contributed by atoms with E-state index in [9.17, 15) is 13.6 Å². The van der Waals surface area contributed by atoms with Gasteiger partial charge in [0.15, 0.2) is 23.1 Å². The summed E-state index contributed by atoms with van der Waals surface area (Å²) in [5.41, 5.74) is 2.86. The van der Waals surface area contributed by atoms with Gasteiger partial charge in [-0.15, -0.1) is 0 Å². The van der Waals surface area contributed by atoms with Gasteiger partial charge in [-0.1, -0.05) is 11.2 Å². The first-order valence-corrected chi connectivity index (χ1v) is 11.5. The van der Waals surface area contributed by atoms with Crippen LogP contribution in [0.5, 0.6) is 11.5 Å². The Morgan fingerprint density at radius 2 is 1.89 bits per heavy atom. The minimum atomic E-state index is -0.841. The molecule has 1 amide bonds. The summed E-state index contributed by atoms with van der Waals surface area (Å²) in [6, 6.07) is 9.11. The van der Waals surface area contributed by atoms with Crippen LogP contribution < -0.4 is 14.8 Å². The zero-order chi connectivity index (χ0) is 24.9. The third kappa shape index (κ3) is 5.97. The lowest BCUT2D eigenvalue weighted by atomic mass is 10.0. The molecule has 1 fully saturated rings. The van der Waals surface area contributed by atoms with Gasteiger partial charge in [0.05, 0.1) is 18.4 Å². The number of piperidine rings is 1. The molecule has 1 N–H and O–H groups in total. The molecular formula is C26H29F2N3O4. The van der Waals surface area contributed by atoms with E-state index in [1.165, 1.54) is 13.2 Å². The predicted molar refractivity (Wildman–Crippen MR) is 125 cm³/mol. The summed E-state index contributed by atoms with van der Waals surface area (Å²) in [6.45, 7) is 6.02. The third-order valence-electron chi connectivity index (χ3n) is 6.29. The van der Waals surface area contributed by atoms with Crippen LogP contribution in [-0.4, -0.2) is 42.2 Å². The minimum Gasteiger partial charge on any atom is -0.493 e. The van der Waals surface area contributed by atoms with Gasteiger partial charge in [-0.3, -0.25) is 9.69 Å². The lowest BCUT2D eigenvalue weighted by Crippen LogP contribution is -2.44. The van der Waals surface area contributed by atoms with Crippen LogP contribution in [0.1, 0.15) is 45.8 Å². The van der Waals surface area contributed by atoms with Crippen LogP contribution in [0.3, 0.4) is 0 Å². The first kappa shape index (κ1) is 24.7. The topological polar surface area (TPSA) is 76.8 Å². The number of aromatic nitrogens is 1. The molecule has 1 aromatic heterocycles. The van der Waals surface area contributed by atoms with Crippen LogP contribution in [0.15, 0.2) is 40.9 Å². The van der Waals surface area contributed by atoms with Crippen molar-refractivity contribution in [3.05, 3.63) is 76.2 Å². The number of benzene rings is 2.